The Balaban J connectivity index is 1.81. The van der Waals surface area contributed by atoms with Crippen LogP contribution in [0, 0.1) is 6.92 Å². The predicted octanol–water partition coefficient (Wildman–Crippen LogP) is 2.57. The van der Waals surface area contributed by atoms with Crippen LogP contribution >= 0.6 is 23.1 Å². The van der Waals surface area contributed by atoms with Gasteiger partial charge in [-0.3, -0.25) is 9.79 Å². The van der Waals surface area contributed by atoms with Crippen LogP contribution in [0.2, 0.25) is 0 Å². The molecule has 0 saturated heterocycles. The molecule has 3 rings (SSSR count). The molecule has 134 valence electrons. The van der Waals surface area contributed by atoms with Crippen molar-refractivity contribution in [2.45, 2.75) is 44.4 Å². The number of thioether (sulfide) groups is 1. The molecule has 1 fully saturated rings. The molecule has 0 spiro atoms. The van der Waals surface area contributed by atoms with Crippen molar-refractivity contribution in [3.63, 3.8) is 0 Å². The van der Waals surface area contributed by atoms with Crippen molar-refractivity contribution in [3.05, 3.63) is 26.6 Å². The topological polar surface area (TPSA) is 110 Å². The Morgan fingerprint density at radius 3 is 2.88 bits per heavy atom. The minimum Gasteiger partial charge on any atom is -0.465 e. The summed E-state index contributed by atoms with van der Waals surface area (Å²) in [6.45, 7) is 1.72. The first-order valence-electron chi connectivity index (χ1n) is 8.06. The number of rotatable bonds is 4. The largest absolute Gasteiger partial charge is 0.465 e. The molecule has 25 heavy (non-hydrogen) atoms. The number of carbonyl (C=O) groups excluding carboxylic acids is 1. The standard InChI is InChI=1S/C16H20N4O3S2/c1-8-11-13(21)19-10(20-14(11)25-12(8)15(22)23-2)7-24-16(17)18-9-5-3-4-6-9/h9H,3-7H2,1-2H3,(H2,17,18)(H,19,20,21). The van der Waals surface area contributed by atoms with Crippen LogP contribution < -0.4 is 11.3 Å². The summed E-state index contributed by atoms with van der Waals surface area (Å²) in [5.41, 5.74) is 6.32. The number of fused-ring (bicyclic) bond motifs is 1. The third-order valence-electron chi connectivity index (χ3n) is 4.21. The van der Waals surface area contributed by atoms with Gasteiger partial charge in [-0.1, -0.05) is 24.6 Å². The van der Waals surface area contributed by atoms with E-state index in [0.29, 0.717) is 43.4 Å². The molecular formula is C16H20N4O3S2. The second-order valence-corrected chi connectivity index (χ2v) is 7.93. The highest BCUT2D eigenvalue weighted by atomic mass is 32.2. The Kier molecular flexibility index (Phi) is 5.43. The van der Waals surface area contributed by atoms with E-state index in [1.54, 1.807) is 6.92 Å². The van der Waals surface area contributed by atoms with E-state index in [9.17, 15) is 9.59 Å². The first-order valence-corrected chi connectivity index (χ1v) is 9.86. The van der Waals surface area contributed by atoms with Gasteiger partial charge >= 0.3 is 5.97 Å². The minimum atomic E-state index is -0.455. The highest BCUT2D eigenvalue weighted by molar-refractivity contribution is 8.13. The number of nitrogens with one attached hydrogen (secondary N) is 1. The second-order valence-electron chi connectivity index (χ2n) is 5.93. The Morgan fingerprint density at radius 2 is 2.20 bits per heavy atom. The van der Waals surface area contributed by atoms with Gasteiger partial charge in [0.2, 0.25) is 0 Å². The van der Waals surface area contributed by atoms with Gasteiger partial charge in [-0.15, -0.1) is 11.3 Å². The molecule has 0 aliphatic heterocycles. The van der Waals surface area contributed by atoms with E-state index in [1.807, 2.05) is 0 Å². The van der Waals surface area contributed by atoms with E-state index >= 15 is 0 Å². The fourth-order valence-electron chi connectivity index (χ4n) is 2.94. The summed E-state index contributed by atoms with van der Waals surface area (Å²) in [6.07, 6.45) is 4.59. The van der Waals surface area contributed by atoms with Gasteiger partial charge in [0.1, 0.15) is 15.5 Å². The Labute approximate surface area is 153 Å². The van der Waals surface area contributed by atoms with Crippen LogP contribution in [0.3, 0.4) is 0 Å². The maximum absolute atomic E-state index is 12.4. The molecular weight excluding hydrogens is 360 g/mol. The Hall–Kier alpha value is -1.87. The Bertz CT molecular complexity index is 881. The van der Waals surface area contributed by atoms with Crippen LogP contribution in [0.5, 0.6) is 0 Å². The molecule has 1 aliphatic carbocycles. The molecule has 1 saturated carbocycles. The molecule has 2 heterocycles. The summed E-state index contributed by atoms with van der Waals surface area (Å²) >= 11 is 2.53. The number of esters is 1. The van der Waals surface area contributed by atoms with E-state index in [2.05, 4.69) is 15.0 Å². The summed E-state index contributed by atoms with van der Waals surface area (Å²) < 4.78 is 4.75. The molecule has 0 amide bonds. The van der Waals surface area contributed by atoms with Gasteiger partial charge in [-0.25, -0.2) is 9.78 Å². The number of methoxy groups -OCH3 is 1. The lowest BCUT2D eigenvalue weighted by Gasteiger charge is -2.05. The normalized spacial score (nSPS) is 15.8. The summed E-state index contributed by atoms with van der Waals surface area (Å²) in [5.74, 6) is 0.492. The monoisotopic (exact) mass is 380 g/mol. The number of thiophene rings is 1. The van der Waals surface area contributed by atoms with Crippen molar-refractivity contribution < 1.29 is 9.53 Å². The number of aromatic amines is 1. The van der Waals surface area contributed by atoms with E-state index in [0.717, 1.165) is 12.8 Å². The number of ether oxygens (including phenoxy) is 1. The number of amidine groups is 1. The highest BCUT2D eigenvalue weighted by Gasteiger charge is 2.20. The molecule has 0 atom stereocenters. The van der Waals surface area contributed by atoms with Crippen molar-refractivity contribution in [3.8, 4) is 0 Å². The van der Waals surface area contributed by atoms with Crippen molar-refractivity contribution >= 4 is 44.5 Å². The fraction of sp³-hybridized carbons (Fsp3) is 0.500. The zero-order valence-corrected chi connectivity index (χ0v) is 15.8. The van der Waals surface area contributed by atoms with Gasteiger partial charge in [0.05, 0.1) is 24.3 Å². The third kappa shape index (κ3) is 3.87. The minimum absolute atomic E-state index is 0.254. The van der Waals surface area contributed by atoms with Gasteiger partial charge in [0, 0.05) is 0 Å². The van der Waals surface area contributed by atoms with Gasteiger partial charge in [0.25, 0.3) is 5.56 Å². The zero-order valence-electron chi connectivity index (χ0n) is 14.1. The van der Waals surface area contributed by atoms with E-state index in [1.165, 1.54) is 43.1 Å². The summed E-state index contributed by atoms with van der Waals surface area (Å²) in [5, 5.41) is 0.957. The second kappa shape index (κ2) is 7.57. The molecule has 3 N–H and O–H groups in total. The maximum atomic E-state index is 12.4. The number of nitrogens with zero attached hydrogens (tertiary/aromatic N) is 2. The molecule has 1 aliphatic rings. The molecule has 0 radical (unpaired) electrons. The van der Waals surface area contributed by atoms with Gasteiger partial charge in [-0.2, -0.15) is 0 Å². The predicted molar refractivity (Wildman–Crippen MR) is 101 cm³/mol. The number of aliphatic imine (C=N–C) groups is 1. The van der Waals surface area contributed by atoms with Crippen LogP contribution in [-0.2, 0) is 10.5 Å². The fourth-order valence-corrected chi connectivity index (χ4v) is 4.70. The van der Waals surface area contributed by atoms with E-state index < -0.39 is 5.97 Å². The van der Waals surface area contributed by atoms with E-state index in [4.69, 9.17) is 10.5 Å². The third-order valence-corrected chi connectivity index (χ3v) is 6.20. The molecule has 9 heteroatoms. The van der Waals surface area contributed by atoms with Crippen molar-refractivity contribution in [1.29, 1.82) is 0 Å². The van der Waals surface area contributed by atoms with Gasteiger partial charge in [-0.05, 0) is 25.3 Å². The first kappa shape index (κ1) is 17.9. The van der Waals surface area contributed by atoms with Gasteiger partial charge in [0.15, 0.2) is 5.17 Å². The number of hydrogen-bond donors (Lipinski definition) is 2. The molecule has 0 unspecified atom stereocenters. The number of nitrogens with two attached hydrogens (primary N) is 1. The van der Waals surface area contributed by atoms with Crippen molar-refractivity contribution in [2.24, 2.45) is 10.7 Å². The summed E-state index contributed by atoms with van der Waals surface area (Å²) in [7, 11) is 1.32. The number of hydrogen-bond acceptors (Lipinski definition) is 7. The van der Waals surface area contributed by atoms with Crippen molar-refractivity contribution in [2.75, 3.05) is 7.11 Å². The Morgan fingerprint density at radius 1 is 1.48 bits per heavy atom. The smallest absolute Gasteiger partial charge is 0.348 e. The number of aryl methyl sites for hydroxylation is 1. The molecule has 2 aromatic heterocycles. The first-order chi connectivity index (χ1) is 12.0. The lowest BCUT2D eigenvalue weighted by atomic mass is 10.2. The molecule has 2 aromatic rings. The maximum Gasteiger partial charge on any atom is 0.348 e. The summed E-state index contributed by atoms with van der Waals surface area (Å²) in [4.78, 5) is 36.8. The highest BCUT2D eigenvalue weighted by Crippen LogP contribution is 2.28. The average Bonchev–Trinajstić information content (AvgIpc) is 3.20. The number of H-pyrrole nitrogens is 1. The molecule has 7 nitrogen and oxygen atoms in total. The average molecular weight is 380 g/mol. The molecule has 0 bridgehead atoms. The number of aromatic nitrogens is 2. The quantitative estimate of drug-likeness (QED) is 0.479. The lowest BCUT2D eigenvalue weighted by Crippen LogP contribution is -2.14. The van der Waals surface area contributed by atoms with Crippen LogP contribution in [-0.4, -0.2) is 34.3 Å². The lowest BCUT2D eigenvalue weighted by molar-refractivity contribution is 0.0605. The van der Waals surface area contributed by atoms with Crippen LogP contribution in [0.4, 0.5) is 0 Å². The summed E-state index contributed by atoms with van der Waals surface area (Å²) in [6, 6.07) is 0.324. The van der Waals surface area contributed by atoms with Gasteiger partial charge < -0.3 is 15.5 Å². The SMILES string of the molecule is COC(=O)c1sc2nc(CSC(N)=NC3CCCC3)[nH]c(=O)c2c1C. The van der Waals surface area contributed by atoms with Crippen LogP contribution in [0.25, 0.3) is 10.2 Å². The van der Waals surface area contributed by atoms with E-state index in [-0.39, 0.29) is 5.56 Å². The van der Waals surface area contributed by atoms with Crippen LogP contribution in [0.1, 0.15) is 46.7 Å². The van der Waals surface area contributed by atoms with Crippen molar-refractivity contribution in [1.82, 2.24) is 9.97 Å². The molecule has 0 aromatic carbocycles. The zero-order chi connectivity index (χ0) is 18.0. The number of carbonyl (C=O) groups is 1. The van der Waals surface area contributed by atoms with Crippen LogP contribution in [0.15, 0.2) is 9.79 Å².